The van der Waals surface area contributed by atoms with Gasteiger partial charge in [-0.3, -0.25) is 0 Å². The van der Waals surface area contributed by atoms with Gasteiger partial charge in [0, 0.05) is 15.5 Å². The van der Waals surface area contributed by atoms with Crippen LogP contribution in [0.15, 0.2) is 45.3 Å². The molecule has 2 aromatic carbocycles. The maximum Gasteiger partial charge on any atom is 0.137 e. The molecule has 2 N–H and O–H groups in total. The Morgan fingerprint density at radius 1 is 1.16 bits per heavy atom. The zero-order valence-corrected chi connectivity index (χ0v) is 13.8. The van der Waals surface area contributed by atoms with E-state index in [1.54, 1.807) is 12.1 Å². The lowest BCUT2D eigenvalue weighted by atomic mass is 10.00. The van der Waals surface area contributed by atoms with Crippen molar-refractivity contribution in [3.63, 3.8) is 0 Å². The average Bonchev–Trinajstić information content (AvgIpc) is 2.36. The minimum Gasteiger partial charge on any atom is -0.324 e. The topological polar surface area (TPSA) is 26.0 Å². The van der Waals surface area contributed by atoms with Crippen molar-refractivity contribution in [1.82, 2.24) is 0 Å². The van der Waals surface area contributed by atoms with E-state index in [0.29, 0.717) is 15.9 Å². The van der Waals surface area contributed by atoms with E-state index < -0.39 is 0 Å². The lowest BCUT2D eigenvalue weighted by molar-refractivity contribution is 0.617. The molecule has 0 fully saturated rings. The van der Waals surface area contributed by atoms with Gasteiger partial charge in [-0.25, -0.2) is 4.39 Å². The summed E-state index contributed by atoms with van der Waals surface area (Å²) in [6.45, 7) is 0. The third-order valence-electron chi connectivity index (χ3n) is 2.83. The highest BCUT2D eigenvalue weighted by Gasteiger charge is 2.11. The van der Waals surface area contributed by atoms with Gasteiger partial charge in [-0.15, -0.1) is 0 Å². The summed E-state index contributed by atoms with van der Waals surface area (Å²) >= 11 is 12.7. The van der Waals surface area contributed by atoms with Crippen LogP contribution in [0.2, 0.25) is 5.02 Å². The molecule has 0 aliphatic heterocycles. The Balaban J connectivity index is 2.20. The minimum atomic E-state index is -0.294. The molecule has 0 bridgehead atoms. The molecule has 19 heavy (non-hydrogen) atoms. The molecule has 0 aromatic heterocycles. The van der Waals surface area contributed by atoms with E-state index in [9.17, 15) is 4.39 Å². The summed E-state index contributed by atoms with van der Waals surface area (Å²) in [6, 6.07) is 10.3. The van der Waals surface area contributed by atoms with Gasteiger partial charge < -0.3 is 5.73 Å². The molecule has 0 amide bonds. The van der Waals surface area contributed by atoms with Crippen molar-refractivity contribution in [2.24, 2.45) is 5.73 Å². The normalized spacial score (nSPS) is 12.5. The minimum absolute atomic E-state index is 0.226. The first-order valence-corrected chi connectivity index (χ1v) is 7.58. The number of rotatable bonds is 3. The Morgan fingerprint density at radius 2 is 1.89 bits per heavy atom. The molecule has 1 nitrogen and oxygen atoms in total. The van der Waals surface area contributed by atoms with Gasteiger partial charge in [0.15, 0.2) is 0 Å². The molecule has 5 heteroatoms. The quantitative estimate of drug-likeness (QED) is 0.739. The SMILES string of the molecule is NC(Cc1ccc(Br)cc1Cl)c1ccc(F)c(Br)c1. The molecule has 100 valence electrons. The van der Waals surface area contributed by atoms with Crippen LogP contribution in [0.5, 0.6) is 0 Å². The van der Waals surface area contributed by atoms with Crippen LogP contribution in [-0.4, -0.2) is 0 Å². The molecule has 0 saturated heterocycles. The lowest BCUT2D eigenvalue weighted by Gasteiger charge is -2.14. The van der Waals surface area contributed by atoms with Crippen molar-refractivity contribution in [2.45, 2.75) is 12.5 Å². The molecule has 0 aliphatic carbocycles. The summed E-state index contributed by atoms with van der Waals surface area (Å²) in [4.78, 5) is 0. The first-order valence-electron chi connectivity index (χ1n) is 5.62. The monoisotopic (exact) mass is 405 g/mol. The third-order valence-corrected chi connectivity index (χ3v) is 4.28. The standard InChI is InChI=1S/C14H11Br2ClFN/c15-10-3-1-8(12(17)7-10)6-14(19)9-2-4-13(18)11(16)5-9/h1-5,7,14H,6,19H2. The Hall–Kier alpha value is -0.420. The van der Waals surface area contributed by atoms with Gasteiger partial charge >= 0.3 is 0 Å². The van der Waals surface area contributed by atoms with Gasteiger partial charge in [-0.2, -0.15) is 0 Å². The predicted octanol–water partition coefficient (Wildman–Crippen LogP) is 5.25. The molecule has 2 rings (SSSR count). The highest BCUT2D eigenvalue weighted by atomic mass is 79.9. The average molecular weight is 408 g/mol. The van der Waals surface area contributed by atoms with Gasteiger partial charge in [0.2, 0.25) is 0 Å². The molecular formula is C14H11Br2ClFN. The highest BCUT2D eigenvalue weighted by Crippen LogP contribution is 2.27. The summed E-state index contributed by atoms with van der Waals surface area (Å²) < 4.78 is 14.5. The Labute approximate surface area is 133 Å². The van der Waals surface area contributed by atoms with E-state index in [-0.39, 0.29) is 11.9 Å². The largest absolute Gasteiger partial charge is 0.324 e. The molecule has 1 unspecified atom stereocenters. The first-order chi connectivity index (χ1) is 8.97. The van der Waals surface area contributed by atoms with E-state index in [1.165, 1.54) is 6.07 Å². The van der Waals surface area contributed by atoms with Crippen molar-refractivity contribution >= 4 is 43.5 Å². The van der Waals surface area contributed by atoms with Crippen molar-refractivity contribution in [3.05, 3.63) is 67.3 Å². The van der Waals surface area contributed by atoms with E-state index in [0.717, 1.165) is 15.6 Å². The highest BCUT2D eigenvalue weighted by molar-refractivity contribution is 9.10. The second-order valence-electron chi connectivity index (χ2n) is 4.22. The van der Waals surface area contributed by atoms with E-state index >= 15 is 0 Å². The second-order valence-corrected chi connectivity index (χ2v) is 6.40. The fourth-order valence-corrected chi connectivity index (χ4v) is 2.93. The van der Waals surface area contributed by atoms with Gasteiger partial charge in [0.25, 0.3) is 0 Å². The number of benzene rings is 2. The Kier molecular flexibility index (Phi) is 5.01. The predicted molar refractivity (Wildman–Crippen MR) is 83.9 cm³/mol. The van der Waals surface area contributed by atoms with Crippen molar-refractivity contribution in [1.29, 1.82) is 0 Å². The molecule has 0 saturated carbocycles. The summed E-state index contributed by atoms with van der Waals surface area (Å²) in [5, 5.41) is 0.672. The van der Waals surface area contributed by atoms with Gasteiger partial charge in [0.1, 0.15) is 5.82 Å². The van der Waals surface area contributed by atoms with Crippen LogP contribution >= 0.6 is 43.5 Å². The second kappa shape index (κ2) is 6.35. The van der Waals surface area contributed by atoms with Crippen LogP contribution in [0.3, 0.4) is 0 Å². The smallest absolute Gasteiger partial charge is 0.137 e. The number of hydrogen-bond donors (Lipinski definition) is 1. The van der Waals surface area contributed by atoms with Gasteiger partial charge in [-0.1, -0.05) is 39.7 Å². The van der Waals surface area contributed by atoms with Crippen molar-refractivity contribution < 1.29 is 4.39 Å². The van der Waals surface area contributed by atoms with Crippen molar-refractivity contribution in [3.8, 4) is 0 Å². The number of halogens is 4. The van der Waals surface area contributed by atoms with E-state index in [1.807, 2.05) is 18.2 Å². The van der Waals surface area contributed by atoms with Gasteiger partial charge in [-0.05, 0) is 57.7 Å². The van der Waals surface area contributed by atoms with E-state index in [4.69, 9.17) is 17.3 Å². The summed E-state index contributed by atoms with van der Waals surface area (Å²) in [5.41, 5.74) is 7.98. The third kappa shape index (κ3) is 3.78. The summed E-state index contributed by atoms with van der Waals surface area (Å²) in [5.74, 6) is -0.294. The molecule has 0 heterocycles. The van der Waals surface area contributed by atoms with Crippen LogP contribution in [0.4, 0.5) is 4.39 Å². The fraction of sp³-hybridized carbons (Fsp3) is 0.143. The number of hydrogen-bond acceptors (Lipinski definition) is 1. The Morgan fingerprint density at radius 3 is 2.53 bits per heavy atom. The van der Waals surface area contributed by atoms with Crippen LogP contribution in [0.1, 0.15) is 17.2 Å². The maximum atomic E-state index is 13.2. The summed E-state index contributed by atoms with van der Waals surface area (Å²) in [7, 11) is 0. The molecule has 0 radical (unpaired) electrons. The lowest BCUT2D eigenvalue weighted by Crippen LogP contribution is -2.13. The number of nitrogens with two attached hydrogens (primary N) is 1. The molecular weight excluding hydrogens is 396 g/mol. The summed E-state index contributed by atoms with van der Waals surface area (Å²) in [6.07, 6.45) is 0.601. The Bertz CT molecular complexity index is 604. The zero-order chi connectivity index (χ0) is 14.0. The van der Waals surface area contributed by atoms with Crippen molar-refractivity contribution in [2.75, 3.05) is 0 Å². The van der Waals surface area contributed by atoms with Crippen LogP contribution in [0.25, 0.3) is 0 Å². The van der Waals surface area contributed by atoms with Crippen LogP contribution in [0, 0.1) is 5.82 Å². The zero-order valence-electron chi connectivity index (χ0n) is 9.84. The van der Waals surface area contributed by atoms with Crippen LogP contribution < -0.4 is 5.73 Å². The molecule has 2 aromatic rings. The fourth-order valence-electron chi connectivity index (χ4n) is 1.79. The molecule has 1 atom stereocenters. The maximum absolute atomic E-state index is 13.2. The first kappa shape index (κ1) is 15.0. The molecule has 0 aliphatic rings. The van der Waals surface area contributed by atoms with E-state index in [2.05, 4.69) is 31.9 Å². The molecule has 0 spiro atoms. The van der Waals surface area contributed by atoms with Gasteiger partial charge in [0.05, 0.1) is 4.47 Å². The van der Waals surface area contributed by atoms with Crippen LogP contribution in [-0.2, 0) is 6.42 Å².